The zero-order valence-corrected chi connectivity index (χ0v) is 7.13. The lowest BCUT2D eigenvalue weighted by Gasteiger charge is -2.04. The summed E-state index contributed by atoms with van der Waals surface area (Å²) < 4.78 is 4.93. The molecule has 0 aromatic carbocycles. The summed E-state index contributed by atoms with van der Waals surface area (Å²) in [7, 11) is 2.98. The molecular formula is C6H7N5O2. The lowest BCUT2D eigenvalue weighted by atomic mass is 10.4. The molecule has 7 nitrogen and oxygen atoms in total. The quantitative estimate of drug-likeness (QED) is 0.606. The predicted molar refractivity (Wildman–Crippen MR) is 41.3 cm³/mol. The number of nitrogens with zero attached hydrogens (tertiary/aromatic N) is 5. The van der Waals surface area contributed by atoms with Crippen molar-refractivity contribution in [2.75, 3.05) is 14.2 Å². The van der Waals surface area contributed by atoms with Crippen LogP contribution in [0.1, 0.15) is 0 Å². The molecule has 0 aromatic rings. The van der Waals surface area contributed by atoms with Crippen LogP contribution in [0.15, 0.2) is 6.33 Å². The van der Waals surface area contributed by atoms with Crippen molar-refractivity contribution in [1.82, 2.24) is 25.1 Å². The molecule has 13 heavy (non-hydrogen) atoms. The lowest BCUT2D eigenvalue weighted by molar-refractivity contribution is 0.130. The largest absolute Gasteiger partial charge is 0.478 e. The molecule has 0 fully saturated rings. The maximum absolute atomic E-state index is 4.93. The lowest BCUT2D eigenvalue weighted by Crippen LogP contribution is -2.14. The van der Waals surface area contributed by atoms with Crippen LogP contribution in [-0.4, -0.2) is 39.3 Å². The minimum Gasteiger partial charge on any atom is -0.478 e. The van der Waals surface area contributed by atoms with E-state index in [1.54, 1.807) is 0 Å². The van der Waals surface area contributed by atoms with E-state index in [4.69, 9.17) is 9.57 Å². The molecule has 2 heterocycles. The van der Waals surface area contributed by atoms with E-state index < -0.39 is 0 Å². The minimum atomic E-state index is 0.364. The van der Waals surface area contributed by atoms with Crippen molar-refractivity contribution in [2.45, 2.75) is 0 Å². The Hall–Kier alpha value is -1.92. The predicted octanol–water partition coefficient (Wildman–Crippen LogP) is -0.760. The number of methoxy groups -OCH3 is 1. The second kappa shape index (κ2) is 2.85. The van der Waals surface area contributed by atoms with Crippen molar-refractivity contribution >= 4 is 0 Å². The summed E-state index contributed by atoms with van der Waals surface area (Å²) in [6.45, 7) is 0. The molecule has 0 aromatic heterocycles. The highest BCUT2D eigenvalue weighted by Gasteiger charge is 2.19. The van der Waals surface area contributed by atoms with Crippen molar-refractivity contribution in [3.8, 4) is 17.4 Å². The Morgan fingerprint density at radius 1 is 1.31 bits per heavy atom. The van der Waals surface area contributed by atoms with E-state index in [0.29, 0.717) is 17.4 Å². The first-order valence-electron chi connectivity index (χ1n) is 3.51. The normalized spacial score (nSPS) is 10.3. The Balaban J connectivity index is 2.60. The molecule has 2 aliphatic rings. The first-order valence-corrected chi connectivity index (χ1v) is 3.51. The second-order valence-corrected chi connectivity index (χ2v) is 2.20. The zero-order valence-electron chi connectivity index (χ0n) is 7.13. The van der Waals surface area contributed by atoms with E-state index in [0.717, 1.165) is 0 Å². The van der Waals surface area contributed by atoms with E-state index in [9.17, 15) is 0 Å². The minimum absolute atomic E-state index is 0.364. The Bertz CT molecular complexity index is 387. The van der Waals surface area contributed by atoms with Crippen molar-refractivity contribution in [1.29, 1.82) is 0 Å². The van der Waals surface area contributed by atoms with E-state index in [1.165, 1.54) is 25.4 Å². The summed E-state index contributed by atoms with van der Waals surface area (Å²) in [6.07, 6.45) is 1.34. The van der Waals surface area contributed by atoms with Crippen LogP contribution in [0.2, 0.25) is 0 Å². The molecule has 0 saturated carbocycles. The van der Waals surface area contributed by atoms with Crippen LogP contribution in [-0.2, 0) is 0 Å². The van der Waals surface area contributed by atoms with E-state index in [1.807, 2.05) is 0 Å². The molecule has 68 valence electrons. The number of aromatic nitrogens is 5. The Morgan fingerprint density at radius 3 is 2.85 bits per heavy atom. The van der Waals surface area contributed by atoms with Gasteiger partial charge in [-0.3, -0.25) is 0 Å². The molecular weight excluding hydrogens is 174 g/mol. The highest BCUT2D eigenvalue weighted by atomic mass is 16.7. The van der Waals surface area contributed by atoms with Crippen LogP contribution in [0, 0.1) is 0 Å². The van der Waals surface area contributed by atoms with Gasteiger partial charge in [0.2, 0.25) is 5.82 Å². The third kappa shape index (κ3) is 1.05. The van der Waals surface area contributed by atoms with Gasteiger partial charge < -0.3 is 9.57 Å². The number of hydrogen-bond donors (Lipinski definition) is 0. The van der Waals surface area contributed by atoms with Gasteiger partial charge in [-0.05, 0) is 0 Å². The van der Waals surface area contributed by atoms with Gasteiger partial charge in [0.25, 0.3) is 5.88 Å². The molecule has 0 amide bonds. The van der Waals surface area contributed by atoms with Crippen LogP contribution >= 0.6 is 0 Å². The summed E-state index contributed by atoms with van der Waals surface area (Å²) in [5, 5.41) is 11.3. The van der Waals surface area contributed by atoms with Gasteiger partial charge in [0.05, 0.1) is 7.11 Å². The van der Waals surface area contributed by atoms with Crippen LogP contribution < -0.4 is 9.57 Å². The molecule has 0 radical (unpaired) electrons. The van der Waals surface area contributed by atoms with Gasteiger partial charge >= 0.3 is 0 Å². The summed E-state index contributed by atoms with van der Waals surface area (Å²) >= 11 is 0. The van der Waals surface area contributed by atoms with Crippen molar-refractivity contribution < 1.29 is 9.57 Å². The van der Waals surface area contributed by atoms with Gasteiger partial charge in [-0.25, -0.2) is 4.98 Å². The molecule has 0 aliphatic carbocycles. The maximum Gasteiger partial charge on any atom is 0.263 e. The molecule has 0 saturated heterocycles. The van der Waals surface area contributed by atoms with Gasteiger partial charge in [0.1, 0.15) is 13.4 Å². The van der Waals surface area contributed by atoms with Crippen LogP contribution in [0.25, 0.3) is 11.5 Å². The average molecular weight is 181 g/mol. The van der Waals surface area contributed by atoms with Crippen LogP contribution in [0.3, 0.4) is 0 Å². The van der Waals surface area contributed by atoms with Crippen molar-refractivity contribution in [3.63, 3.8) is 0 Å². The highest BCUT2D eigenvalue weighted by Crippen LogP contribution is 2.23. The number of hydrogen-bond acceptors (Lipinski definition) is 6. The van der Waals surface area contributed by atoms with Gasteiger partial charge in [-0.1, -0.05) is 4.85 Å². The molecule has 0 bridgehead atoms. The fourth-order valence-electron chi connectivity index (χ4n) is 0.981. The molecule has 2 rings (SSSR count). The second-order valence-electron chi connectivity index (χ2n) is 2.20. The number of fused-ring (bicyclic) bond motifs is 1. The average Bonchev–Trinajstić information content (AvgIpc) is 2.60. The molecule has 0 atom stereocenters. The summed E-state index contributed by atoms with van der Waals surface area (Å²) in [4.78, 5) is 10.1. The summed E-state index contributed by atoms with van der Waals surface area (Å²) in [5.41, 5.74) is 0.527. The van der Waals surface area contributed by atoms with E-state index >= 15 is 0 Å². The third-order valence-electron chi connectivity index (χ3n) is 1.54. The molecule has 7 heteroatoms. The van der Waals surface area contributed by atoms with Crippen LogP contribution in [0.5, 0.6) is 5.88 Å². The first-order chi connectivity index (χ1) is 6.36. The fraction of sp³-hybridized carbons (Fsp3) is 0.333. The number of rotatable bonds is 2. The maximum atomic E-state index is 4.93. The Labute approximate surface area is 73.6 Å². The molecule has 0 spiro atoms. The van der Waals surface area contributed by atoms with Gasteiger partial charge in [0.15, 0.2) is 5.69 Å². The summed E-state index contributed by atoms with van der Waals surface area (Å²) in [5.74, 6) is 0.796. The highest BCUT2D eigenvalue weighted by molar-refractivity contribution is 5.56. The van der Waals surface area contributed by atoms with Crippen molar-refractivity contribution in [2.24, 2.45) is 0 Å². The topological polar surface area (TPSA) is 75.0 Å². The summed E-state index contributed by atoms with van der Waals surface area (Å²) in [6, 6.07) is 0. The van der Waals surface area contributed by atoms with Gasteiger partial charge in [-0.2, -0.15) is 0 Å². The van der Waals surface area contributed by atoms with Gasteiger partial charge in [-0.15, -0.1) is 15.3 Å². The standard InChI is InChI=1S/C6H7N5O2/c1-12-6-4-5(9-10-6)11(13-2)8-3-7-4/h3H,1-2H3. The third-order valence-corrected chi connectivity index (χ3v) is 1.54. The fourth-order valence-corrected chi connectivity index (χ4v) is 0.981. The SMILES string of the molecule is COc1nnc2n(OC)ncnc1-2. The van der Waals surface area contributed by atoms with Gasteiger partial charge in [0, 0.05) is 0 Å². The smallest absolute Gasteiger partial charge is 0.263 e. The Kier molecular flexibility index (Phi) is 1.69. The van der Waals surface area contributed by atoms with Crippen LogP contribution in [0.4, 0.5) is 0 Å². The molecule has 2 aliphatic heterocycles. The van der Waals surface area contributed by atoms with E-state index in [-0.39, 0.29) is 0 Å². The number of ether oxygens (including phenoxy) is 1. The molecule has 0 N–H and O–H groups in total. The molecule has 0 unspecified atom stereocenters. The van der Waals surface area contributed by atoms with E-state index in [2.05, 4.69) is 20.3 Å². The van der Waals surface area contributed by atoms with Crippen molar-refractivity contribution in [3.05, 3.63) is 6.33 Å². The Morgan fingerprint density at radius 2 is 2.15 bits per heavy atom. The first kappa shape index (κ1) is 7.71. The monoisotopic (exact) mass is 181 g/mol. The zero-order chi connectivity index (χ0) is 9.26.